The zero-order chi connectivity index (χ0) is 10.6. The van der Waals surface area contributed by atoms with Crippen molar-refractivity contribution in [2.75, 3.05) is 20.1 Å². The van der Waals surface area contributed by atoms with Crippen molar-refractivity contribution in [2.24, 2.45) is 5.73 Å². The zero-order valence-corrected chi connectivity index (χ0v) is 8.66. The third-order valence-electron chi connectivity index (χ3n) is 1.76. The summed E-state index contributed by atoms with van der Waals surface area (Å²) in [5.74, 6) is -0.146. The van der Waals surface area contributed by atoms with E-state index in [0.29, 0.717) is 23.8 Å². The first-order valence-electron chi connectivity index (χ1n) is 4.22. The largest absolute Gasteiger partial charge is 0.339 e. The highest BCUT2D eigenvalue weighted by atomic mass is 35.5. The first-order valence-corrected chi connectivity index (χ1v) is 4.60. The fourth-order valence-corrected chi connectivity index (χ4v) is 1.10. The maximum absolute atomic E-state index is 11.6. The molecule has 0 aliphatic rings. The maximum Gasteiger partial charge on any atom is 0.272 e. The summed E-state index contributed by atoms with van der Waals surface area (Å²) < 4.78 is 0. The Balaban J connectivity index is 2.74. The predicted octanol–water partition coefficient (Wildman–Crippen LogP) is 0.766. The molecular weight excluding hydrogens is 202 g/mol. The molecule has 0 fully saturated rings. The Bertz CT molecular complexity index is 312. The van der Waals surface area contributed by atoms with Gasteiger partial charge in [-0.15, -0.1) is 0 Å². The number of hydrogen-bond acceptors (Lipinski definition) is 3. The summed E-state index contributed by atoms with van der Waals surface area (Å²) in [5.41, 5.74) is 5.71. The van der Waals surface area contributed by atoms with E-state index in [9.17, 15) is 4.79 Å². The van der Waals surface area contributed by atoms with Gasteiger partial charge >= 0.3 is 0 Å². The van der Waals surface area contributed by atoms with Crippen LogP contribution in [-0.2, 0) is 0 Å². The number of nitrogens with zero attached hydrogens (tertiary/aromatic N) is 2. The molecule has 0 saturated carbocycles. The Labute approximate surface area is 87.7 Å². The van der Waals surface area contributed by atoms with E-state index in [4.69, 9.17) is 17.3 Å². The average Bonchev–Trinajstić information content (AvgIpc) is 2.18. The molecule has 1 aromatic heterocycles. The number of nitrogens with two attached hydrogens (primary N) is 1. The lowest BCUT2D eigenvalue weighted by molar-refractivity contribution is 0.0793. The van der Waals surface area contributed by atoms with Crippen LogP contribution in [0.5, 0.6) is 0 Å². The Morgan fingerprint density at radius 3 is 2.86 bits per heavy atom. The van der Waals surface area contributed by atoms with Crippen LogP contribution in [0.1, 0.15) is 10.5 Å². The van der Waals surface area contributed by atoms with E-state index in [1.54, 1.807) is 19.2 Å². The summed E-state index contributed by atoms with van der Waals surface area (Å²) in [7, 11) is 1.69. The van der Waals surface area contributed by atoms with Gasteiger partial charge in [-0.2, -0.15) is 0 Å². The monoisotopic (exact) mass is 213 g/mol. The highest BCUT2D eigenvalue weighted by Gasteiger charge is 2.11. The minimum atomic E-state index is -0.146. The quantitative estimate of drug-likeness (QED) is 0.807. The van der Waals surface area contributed by atoms with Crippen LogP contribution in [0.2, 0.25) is 5.02 Å². The standard InChI is InChI=1S/C9H12ClN3O/c1-13(5-4-11)9(14)8-3-2-7(10)6-12-8/h2-3,6H,4-5,11H2,1H3. The van der Waals surface area contributed by atoms with E-state index in [2.05, 4.69) is 4.98 Å². The summed E-state index contributed by atoms with van der Waals surface area (Å²) in [6.07, 6.45) is 1.45. The molecule has 0 bridgehead atoms. The number of amides is 1. The van der Waals surface area contributed by atoms with E-state index < -0.39 is 0 Å². The van der Waals surface area contributed by atoms with Crippen LogP contribution in [0, 0.1) is 0 Å². The summed E-state index contributed by atoms with van der Waals surface area (Å²) in [4.78, 5) is 17.1. The summed E-state index contributed by atoms with van der Waals surface area (Å²) in [6.45, 7) is 0.957. The van der Waals surface area contributed by atoms with Crippen LogP contribution in [0.15, 0.2) is 18.3 Å². The molecule has 1 aromatic rings. The normalized spacial score (nSPS) is 9.93. The van der Waals surface area contributed by atoms with Gasteiger partial charge in [0.2, 0.25) is 0 Å². The minimum absolute atomic E-state index is 0.146. The van der Waals surface area contributed by atoms with Crippen LogP contribution in [0.4, 0.5) is 0 Å². The minimum Gasteiger partial charge on any atom is -0.339 e. The van der Waals surface area contributed by atoms with Crippen molar-refractivity contribution in [1.29, 1.82) is 0 Å². The van der Waals surface area contributed by atoms with Gasteiger partial charge in [-0.05, 0) is 12.1 Å². The predicted molar refractivity (Wildman–Crippen MR) is 55.3 cm³/mol. The molecule has 4 nitrogen and oxygen atoms in total. The molecule has 14 heavy (non-hydrogen) atoms. The van der Waals surface area contributed by atoms with Crippen molar-refractivity contribution < 1.29 is 4.79 Å². The fourth-order valence-electron chi connectivity index (χ4n) is 0.993. The zero-order valence-electron chi connectivity index (χ0n) is 7.90. The number of pyridine rings is 1. The number of aromatic nitrogens is 1. The average molecular weight is 214 g/mol. The number of carbonyl (C=O) groups is 1. The van der Waals surface area contributed by atoms with Crippen molar-refractivity contribution >= 4 is 17.5 Å². The number of carbonyl (C=O) groups excluding carboxylic acids is 1. The smallest absolute Gasteiger partial charge is 0.272 e. The highest BCUT2D eigenvalue weighted by molar-refractivity contribution is 6.30. The van der Waals surface area contributed by atoms with Gasteiger partial charge in [0, 0.05) is 26.3 Å². The molecule has 5 heteroatoms. The molecule has 76 valence electrons. The third kappa shape index (κ3) is 2.68. The Morgan fingerprint density at radius 2 is 2.36 bits per heavy atom. The number of rotatable bonds is 3. The number of hydrogen-bond donors (Lipinski definition) is 1. The van der Waals surface area contributed by atoms with Gasteiger partial charge in [0.05, 0.1) is 5.02 Å². The number of likely N-dealkylation sites (N-methyl/N-ethyl adjacent to an activating group) is 1. The van der Waals surface area contributed by atoms with Crippen LogP contribution >= 0.6 is 11.6 Å². The molecule has 0 spiro atoms. The first-order chi connectivity index (χ1) is 6.65. The van der Waals surface area contributed by atoms with Gasteiger partial charge in [0.25, 0.3) is 5.91 Å². The van der Waals surface area contributed by atoms with E-state index >= 15 is 0 Å². The van der Waals surface area contributed by atoms with Crippen LogP contribution in [-0.4, -0.2) is 35.9 Å². The second-order valence-corrected chi connectivity index (χ2v) is 3.31. The number of halogens is 1. The van der Waals surface area contributed by atoms with Gasteiger partial charge in [-0.25, -0.2) is 4.98 Å². The lowest BCUT2D eigenvalue weighted by Crippen LogP contribution is -2.32. The molecule has 1 amide bonds. The van der Waals surface area contributed by atoms with Crippen LogP contribution in [0.3, 0.4) is 0 Å². The molecule has 0 saturated heterocycles. The van der Waals surface area contributed by atoms with Crippen LogP contribution in [0.25, 0.3) is 0 Å². The Hall–Kier alpha value is -1.13. The molecule has 0 atom stereocenters. The van der Waals surface area contributed by atoms with Crippen molar-refractivity contribution in [3.05, 3.63) is 29.0 Å². The maximum atomic E-state index is 11.6. The van der Waals surface area contributed by atoms with Crippen molar-refractivity contribution in [3.63, 3.8) is 0 Å². The van der Waals surface area contributed by atoms with E-state index in [0.717, 1.165) is 0 Å². The molecule has 0 radical (unpaired) electrons. The van der Waals surface area contributed by atoms with E-state index in [1.807, 2.05) is 0 Å². The molecule has 1 rings (SSSR count). The summed E-state index contributed by atoms with van der Waals surface area (Å²) in [5, 5.41) is 0.517. The van der Waals surface area contributed by atoms with Crippen molar-refractivity contribution in [1.82, 2.24) is 9.88 Å². The van der Waals surface area contributed by atoms with Gasteiger partial charge in [-0.1, -0.05) is 11.6 Å². The lowest BCUT2D eigenvalue weighted by atomic mass is 10.3. The van der Waals surface area contributed by atoms with Crippen molar-refractivity contribution in [3.8, 4) is 0 Å². The Morgan fingerprint density at radius 1 is 1.64 bits per heavy atom. The van der Waals surface area contributed by atoms with Gasteiger partial charge in [0.1, 0.15) is 5.69 Å². The molecule has 1 heterocycles. The molecule has 2 N–H and O–H groups in total. The second-order valence-electron chi connectivity index (χ2n) is 2.88. The molecule has 0 unspecified atom stereocenters. The molecule has 0 aliphatic heterocycles. The molecule has 0 aromatic carbocycles. The SMILES string of the molecule is CN(CCN)C(=O)c1ccc(Cl)cn1. The fraction of sp³-hybridized carbons (Fsp3) is 0.333. The highest BCUT2D eigenvalue weighted by Crippen LogP contribution is 2.07. The lowest BCUT2D eigenvalue weighted by Gasteiger charge is -2.14. The van der Waals surface area contributed by atoms with Crippen LogP contribution < -0.4 is 5.73 Å². The first kappa shape index (κ1) is 10.9. The summed E-state index contributed by atoms with van der Waals surface area (Å²) in [6, 6.07) is 3.23. The second kappa shape index (κ2) is 4.93. The Kier molecular flexibility index (Phi) is 3.85. The summed E-state index contributed by atoms with van der Waals surface area (Å²) >= 11 is 5.65. The van der Waals surface area contributed by atoms with Crippen molar-refractivity contribution in [2.45, 2.75) is 0 Å². The van der Waals surface area contributed by atoms with Gasteiger partial charge in [-0.3, -0.25) is 4.79 Å². The van der Waals surface area contributed by atoms with E-state index in [-0.39, 0.29) is 5.91 Å². The van der Waals surface area contributed by atoms with E-state index in [1.165, 1.54) is 11.1 Å². The molecular formula is C9H12ClN3O. The topological polar surface area (TPSA) is 59.2 Å². The third-order valence-corrected chi connectivity index (χ3v) is 1.98. The van der Waals surface area contributed by atoms with Gasteiger partial charge < -0.3 is 10.6 Å². The molecule has 0 aliphatic carbocycles. The van der Waals surface area contributed by atoms with Gasteiger partial charge in [0.15, 0.2) is 0 Å².